The summed E-state index contributed by atoms with van der Waals surface area (Å²) in [5.41, 5.74) is 3.33. The van der Waals surface area contributed by atoms with Crippen LogP contribution in [-0.2, 0) is 4.79 Å². The lowest BCUT2D eigenvalue weighted by Crippen LogP contribution is -2.48. The maximum Gasteiger partial charge on any atom is 0.246 e. The summed E-state index contributed by atoms with van der Waals surface area (Å²) in [5.74, 6) is 1.29. The average molecular weight is 349 g/mol. The lowest BCUT2D eigenvalue weighted by atomic mass is 10.2. The van der Waals surface area contributed by atoms with E-state index in [9.17, 15) is 4.79 Å². The van der Waals surface area contributed by atoms with Crippen LogP contribution in [0.15, 0.2) is 49.3 Å². The van der Waals surface area contributed by atoms with Crippen LogP contribution >= 0.6 is 0 Å². The van der Waals surface area contributed by atoms with Crippen molar-refractivity contribution in [3.8, 4) is 0 Å². The lowest BCUT2D eigenvalue weighted by Gasteiger charge is -2.35. The van der Waals surface area contributed by atoms with Gasteiger partial charge in [-0.15, -0.1) is 0 Å². The zero-order valence-corrected chi connectivity index (χ0v) is 14.8. The van der Waals surface area contributed by atoms with E-state index < -0.39 is 0 Å². The number of nitrogens with one attached hydrogen (secondary N) is 1. The molecular formula is C20H23N5O. The van der Waals surface area contributed by atoms with Crippen molar-refractivity contribution in [2.24, 2.45) is 0 Å². The summed E-state index contributed by atoms with van der Waals surface area (Å²) in [6.45, 7) is 6.62. The number of anilines is 3. The van der Waals surface area contributed by atoms with Crippen LogP contribution in [0.2, 0.25) is 0 Å². The Morgan fingerprint density at radius 1 is 1.15 bits per heavy atom. The zero-order valence-electron chi connectivity index (χ0n) is 14.8. The molecule has 2 fully saturated rings. The van der Waals surface area contributed by atoms with Crippen LogP contribution in [0.4, 0.5) is 17.3 Å². The van der Waals surface area contributed by atoms with Crippen molar-refractivity contribution in [1.29, 1.82) is 0 Å². The second-order valence-corrected chi connectivity index (χ2v) is 6.81. The summed E-state index contributed by atoms with van der Waals surface area (Å²) in [5, 5.41) is 3.28. The molecule has 0 unspecified atom stereocenters. The summed E-state index contributed by atoms with van der Waals surface area (Å²) in [6, 6.07) is 8.23. The Labute approximate surface area is 153 Å². The number of carbonyl (C=O) groups excluding carboxylic acids is 1. The van der Waals surface area contributed by atoms with Gasteiger partial charge in [-0.05, 0) is 48.6 Å². The van der Waals surface area contributed by atoms with Crippen molar-refractivity contribution in [2.75, 3.05) is 36.4 Å². The minimum absolute atomic E-state index is 0.00635. The first-order chi connectivity index (χ1) is 12.7. The average Bonchev–Trinajstić information content (AvgIpc) is 3.54. The molecule has 1 saturated heterocycles. The molecule has 0 radical (unpaired) electrons. The summed E-state index contributed by atoms with van der Waals surface area (Å²) < 4.78 is 0. The van der Waals surface area contributed by atoms with Gasteiger partial charge < -0.3 is 15.1 Å². The van der Waals surface area contributed by atoms with Gasteiger partial charge in [0.25, 0.3) is 0 Å². The lowest BCUT2D eigenvalue weighted by molar-refractivity contribution is -0.126. The van der Waals surface area contributed by atoms with Crippen LogP contribution in [0, 0.1) is 0 Å². The molecule has 1 amide bonds. The molecule has 6 nitrogen and oxygen atoms in total. The monoisotopic (exact) mass is 349 g/mol. The van der Waals surface area contributed by atoms with Crippen LogP contribution in [-0.4, -0.2) is 47.0 Å². The Balaban J connectivity index is 1.40. The molecule has 134 valence electrons. The Morgan fingerprint density at radius 2 is 1.88 bits per heavy atom. The highest BCUT2D eigenvalue weighted by atomic mass is 16.2. The van der Waals surface area contributed by atoms with E-state index >= 15 is 0 Å². The summed E-state index contributed by atoms with van der Waals surface area (Å²) in [7, 11) is 0. The number of carbonyl (C=O) groups is 1. The van der Waals surface area contributed by atoms with Gasteiger partial charge in [0, 0.05) is 49.9 Å². The van der Waals surface area contributed by atoms with Crippen molar-refractivity contribution < 1.29 is 4.79 Å². The van der Waals surface area contributed by atoms with Gasteiger partial charge in [0.1, 0.15) is 0 Å². The molecule has 1 aromatic carbocycles. The molecule has 2 heterocycles. The summed E-state index contributed by atoms with van der Waals surface area (Å²) >= 11 is 0. The minimum Gasteiger partial charge on any atom is -0.368 e. The molecule has 1 saturated carbocycles. The molecule has 0 bridgehead atoms. The van der Waals surface area contributed by atoms with E-state index in [1.807, 2.05) is 29.4 Å². The molecule has 2 aliphatic rings. The number of benzene rings is 1. The summed E-state index contributed by atoms with van der Waals surface area (Å²) in [4.78, 5) is 24.7. The number of piperazine rings is 1. The Hall–Kier alpha value is -2.89. The molecule has 4 rings (SSSR count). The number of nitrogens with zero attached hydrogens (tertiary/aromatic N) is 4. The molecule has 0 spiro atoms. The van der Waals surface area contributed by atoms with E-state index in [1.54, 1.807) is 0 Å². The topological polar surface area (TPSA) is 61.4 Å². The zero-order chi connectivity index (χ0) is 17.9. The highest BCUT2D eigenvalue weighted by molar-refractivity contribution is 5.87. The Morgan fingerprint density at radius 3 is 2.54 bits per heavy atom. The molecular weight excluding hydrogens is 326 g/mol. The first-order valence-electron chi connectivity index (χ1n) is 9.08. The van der Waals surface area contributed by atoms with E-state index in [4.69, 9.17) is 0 Å². The van der Waals surface area contributed by atoms with Crippen molar-refractivity contribution in [2.45, 2.75) is 18.8 Å². The molecule has 26 heavy (non-hydrogen) atoms. The van der Waals surface area contributed by atoms with Gasteiger partial charge in [0.2, 0.25) is 11.9 Å². The third-order valence-corrected chi connectivity index (χ3v) is 4.95. The number of rotatable bonds is 5. The quantitative estimate of drug-likeness (QED) is 0.841. The Kier molecular flexibility index (Phi) is 4.56. The van der Waals surface area contributed by atoms with Gasteiger partial charge in [-0.1, -0.05) is 12.6 Å². The molecule has 1 aromatic heterocycles. The molecule has 6 heteroatoms. The number of hydrogen-bond acceptors (Lipinski definition) is 5. The van der Waals surface area contributed by atoms with Gasteiger partial charge in [0.05, 0.1) is 0 Å². The second kappa shape index (κ2) is 7.15. The van der Waals surface area contributed by atoms with Crippen molar-refractivity contribution in [3.05, 3.63) is 54.9 Å². The smallest absolute Gasteiger partial charge is 0.246 e. The van der Waals surface area contributed by atoms with Gasteiger partial charge in [-0.3, -0.25) is 4.79 Å². The first kappa shape index (κ1) is 16.6. The predicted octanol–water partition coefficient (Wildman–Crippen LogP) is 2.93. The molecule has 1 N–H and O–H groups in total. The van der Waals surface area contributed by atoms with Crippen molar-refractivity contribution in [1.82, 2.24) is 14.9 Å². The van der Waals surface area contributed by atoms with Gasteiger partial charge in [-0.2, -0.15) is 0 Å². The van der Waals surface area contributed by atoms with Crippen LogP contribution in [0.25, 0.3) is 0 Å². The maximum atomic E-state index is 11.7. The molecule has 1 aliphatic heterocycles. The van der Waals surface area contributed by atoms with E-state index in [-0.39, 0.29) is 5.91 Å². The highest BCUT2D eigenvalue weighted by Gasteiger charge is 2.24. The third kappa shape index (κ3) is 3.69. The highest BCUT2D eigenvalue weighted by Crippen LogP contribution is 2.39. The van der Waals surface area contributed by atoms with Gasteiger partial charge in [0.15, 0.2) is 0 Å². The number of aromatic nitrogens is 2. The van der Waals surface area contributed by atoms with E-state index in [0.717, 1.165) is 24.5 Å². The van der Waals surface area contributed by atoms with E-state index in [1.165, 1.54) is 24.5 Å². The molecule has 0 atom stereocenters. The third-order valence-electron chi connectivity index (χ3n) is 4.95. The van der Waals surface area contributed by atoms with Crippen LogP contribution < -0.4 is 10.2 Å². The van der Waals surface area contributed by atoms with Crippen LogP contribution in [0.5, 0.6) is 0 Å². The van der Waals surface area contributed by atoms with Crippen LogP contribution in [0.1, 0.15) is 24.3 Å². The fraction of sp³-hybridized carbons (Fsp3) is 0.350. The van der Waals surface area contributed by atoms with Crippen molar-refractivity contribution >= 4 is 23.2 Å². The van der Waals surface area contributed by atoms with Gasteiger partial charge >= 0.3 is 0 Å². The van der Waals surface area contributed by atoms with Gasteiger partial charge in [-0.25, -0.2) is 9.97 Å². The Bertz CT molecular complexity index is 792. The predicted molar refractivity (Wildman–Crippen MR) is 103 cm³/mol. The maximum absolute atomic E-state index is 11.7. The summed E-state index contributed by atoms with van der Waals surface area (Å²) in [6.07, 6.45) is 7.74. The largest absolute Gasteiger partial charge is 0.368 e. The number of hydrogen-bond donors (Lipinski definition) is 1. The fourth-order valence-electron chi connectivity index (χ4n) is 3.25. The fourth-order valence-corrected chi connectivity index (χ4v) is 3.25. The van der Waals surface area contributed by atoms with Crippen LogP contribution in [0.3, 0.4) is 0 Å². The number of amides is 1. The first-order valence-corrected chi connectivity index (χ1v) is 9.08. The van der Waals surface area contributed by atoms with E-state index in [2.05, 4.69) is 38.9 Å². The minimum atomic E-state index is 0.00635. The second-order valence-electron chi connectivity index (χ2n) is 6.81. The molecule has 2 aromatic rings. The molecule has 1 aliphatic carbocycles. The standard InChI is InChI=1S/C20H23N5O/c1-2-19(26)25-10-8-24(9-11-25)18-5-3-4-17(12-18)23-20-21-13-16(14-22-20)15-6-7-15/h2-5,12-15H,1,6-11H2,(H,21,22,23). The SMILES string of the molecule is C=CC(=O)N1CCN(c2cccc(Nc3ncc(C4CC4)cn3)c2)CC1. The van der Waals surface area contributed by atoms with Crippen molar-refractivity contribution in [3.63, 3.8) is 0 Å². The van der Waals surface area contributed by atoms with E-state index in [0.29, 0.717) is 25.0 Å². The normalized spacial score (nSPS) is 17.1.